The monoisotopic (exact) mass is 507 g/mol. The van der Waals surface area contributed by atoms with Gasteiger partial charge in [0.15, 0.2) is 17.7 Å². The first-order valence-corrected chi connectivity index (χ1v) is 11.9. The zero-order chi connectivity index (χ0) is 26.1. The van der Waals surface area contributed by atoms with Gasteiger partial charge >= 0.3 is 6.09 Å². The molecule has 0 bridgehead atoms. The van der Waals surface area contributed by atoms with Crippen molar-refractivity contribution in [3.8, 4) is 0 Å². The Labute approximate surface area is 207 Å². The Hall–Kier alpha value is -3.07. The number of amides is 2. The first-order valence-electron chi connectivity index (χ1n) is 11.9. The third-order valence-electron chi connectivity index (χ3n) is 6.36. The van der Waals surface area contributed by atoms with E-state index < -0.39 is 60.3 Å². The fourth-order valence-corrected chi connectivity index (χ4v) is 4.60. The Morgan fingerprint density at radius 3 is 2.58 bits per heavy atom. The van der Waals surface area contributed by atoms with E-state index in [0.29, 0.717) is 36.8 Å². The summed E-state index contributed by atoms with van der Waals surface area (Å²) in [6.07, 6.45) is -1.04. The molecule has 14 nitrogen and oxygen atoms in total. The summed E-state index contributed by atoms with van der Waals surface area (Å²) < 4.78 is 11.1. The van der Waals surface area contributed by atoms with Crippen LogP contribution in [0.3, 0.4) is 0 Å². The van der Waals surface area contributed by atoms with E-state index in [9.17, 15) is 24.9 Å². The molecule has 1 saturated carbocycles. The zero-order valence-electron chi connectivity index (χ0n) is 20.4. The van der Waals surface area contributed by atoms with Gasteiger partial charge < -0.3 is 45.7 Å². The van der Waals surface area contributed by atoms with Crippen molar-refractivity contribution in [2.45, 2.75) is 88.2 Å². The maximum Gasteiger partial charge on any atom is 0.408 e. The predicted octanol–water partition coefficient (Wildman–Crippen LogP) is -0.474. The Morgan fingerprint density at radius 1 is 1.19 bits per heavy atom. The molecule has 1 aliphatic carbocycles. The normalized spacial score (nSPS) is 28.0. The molecule has 2 aliphatic rings. The molecule has 2 aromatic heterocycles. The maximum absolute atomic E-state index is 13.4. The van der Waals surface area contributed by atoms with Gasteiger partial charge in [0.05, 0.1) is 19.0 Å². The number of nitrogens with one attached hydrogen (secondary N) is 4. The van der Waals surface area contributed by atoms with Crippen molar-refractivity contribution in [3.05, 3.63) is 12.7 Å². The van der Waals surface area contributed by atoms with Gasteiger partial charge in [-0.1, -0.05) is 12.8 Å². The Kier molecular flexibility index (Phi) is 7.31. The van der Waals surface area contributed by atoms with Crippen LogP contribution in [0.15, 0.2) is 12.7 Å². The van der Waals surface area contributed by atoms with Crippen molar-refractivity contribution in [1.82, 2.24) is 30.6 Å². The number of carbonyl (C=O) groups is 2. The summed E-state index contributed by atoms with van der Waals surface area (Å²) in [5.41, 5.74) is -1.13. The zero-order valence-corrected chi connectivity index (χ0v) is 20.4. The second-order valence-corrected chi connectivity index (χ2v) is 10.1. The number of fused-ring (bicyclic) bond motifs is 1. The van der Waals surface area contributed by atoms with Crippen molar-refractivity contribution < 1.29 is 34.4 Å². The van der Waals surface area contributed by atoms with Gasteiger partial charge in [-0.15, -0.1) is 0 Å². The van der Waals surface area contributed by atoms with Gasteiger partial charge in [-0.2, -0.15) is 0 Å². The van der Waals surface area contributed by atoms with E-state index in [4.69, 9.17) is 9.47 Å². The molecular weight excluding hydrogens is 474 g/mol. The maximum atomic E-state index is 13.4. The van der Waals surface area contributed by atoms with Crippen molar-refractivity contribution in [3.63, 3.8) is 0 Å². The molecule has 2 amide bonds. The summed E-state index contributed by atoms with van der Waals surface area (Å²) in [5, 5.41) is 39.9. The quantitative estimate of drug-likeness (QED) is 0.266. The van der Waals surface area contributed by atoms with Crippen LogP contribution in [0.25, 0.3) is 11.2 Å². The first-order chi connectivity index (χ1) is 17.0. The Bertz CT molecular complexity index is 1080. The molecule has 1 aliphatic heterocycles. The standard InChI is InChI=1S/C22H33N7O7/c1-21(2,3)36-20(34)29-22(6-4-5-7-22)19(33)27-12-11(8-30)35-18(15(32)14(12)31)28-17-13-16(24-9-23-13)25-10-26-17/h9-12,14-15,18,30-32H,4-8H2,1-3H3,(H,27,33)(H,29,34)(H2,23,24,25,26,28)/t11-,12-,14+,15-,18-/m0/s1. The van der Waals surface area contributed by atoms with E-state index in [-0.39, 0.29) is 5.82 Å². The molecule has 1 saturated heterocycles. The summed E-state index contributed by atoms with van der Waals surface area (Å²) in [6.45, 7) is 4.61. The second-order valence-electron chi connectivity index (χ2n) is 10.1. The molecular formula is C22H33N7O7. The minimum Gasteiger partial charge on any atom is -0.444 e. The van der Waals surface area contributed by atoms with Crippen LogP contribution in [-0.2, 0) is 14.3 Å². The Morgan fingerprint density at radius 2 is 1.92 bits per heavy atom. The average Bonchev–Trinajstić information content (AvgIpc) is 3.48. The molecule has 36 heavy (non-hydrogen) atoms. The van der Waals surface area contributed by atoms with Crippen LogP contribution < -0.4 is 16.0 Å². The van der Waals surface area contributed by atoms with Crippen LogP contribution >= 0.6 is 0 Å². The molecule has 0 radical (unpaired) electrons. The molecule has 0 unspecified atom stereocenters. The fraction of sp³-hybridized carbons (Fsp3) is 0.682. The highest BCUT2D eigenvalue weighted by atomic mass is 16.6. The highest BCUT2D eigenvalue weighted by Crippen LogP contribution is 2.32. The van der Waals surface area contributed by atoms with E-state index in [0.717, 1.165) is 0 Å². The van der Waals surface area contributed by atoms with Crippen LogP contribution in [0.2, 0.25) is 0 Å². The average molecular weight is 508 g/mol. The van der Waals surface area contributed by atoms with Gasteiger partial charge in [-0.3, -0.25) is 4.79 Å². The van der Waals surface area contributed by atoms with Crippen LogP contribution in [-0.4, -0.2) is 95.6 Å². The van der Waals surface area contributed by atoms with Crippen molar-refractivity contribution >= 4 is 29.0 Å². The molecule has 7 N–H and O–H groups in total. The lowest BCUT2D eigenvalue weighted by molar-refractivity contribution is -0.186. The molecule has 2 aromatic rings. The highest BCUT2D eigenvalue weighted by molar-refractivity contribution is 5.90. The van der Waals surface area contributed by atoms with Gasteiger partial charge in [0.2, 0.25) is 5.91 Å². The summed E-state index contributed by atoms with van der Waals surface area (Å²) in [7, 11) is 0. The summed E-state index contributed by atoms with van der Waals surface area (Å²) >= 11 is 0. The summed E-state index contributed by atoms with van der Waals surface area (Å²) in [5.74, 6) is -0.273. The van der Waals surface area contributed by atoms with E-state index in [1.165, 1.54) is 12.7 Å². The van der Waals surface area contributed by atoms with Gasteiger partial charge in [0.25, 0.3) is 0 Å². The number of nitrogens with zero attached hydrogens (tertiary/aromatic N) is 3. The number of aliphatic hydroxyl groups is 3. The molecule has 0 spiro atoms. The predicted molar refractivity (Wildman–Crippen MR) is 126 cm³/mol. The van der Waals surface area contributed by atoms with E-state index in [2.05, 4.69) is 35.9 Å². The van der Waals surface area contributed by atoms with Crippen LogP contribution in [0, 0.1) is 0 Å². The van der Waals surface area contributed by atoms with Crippen molar-refractivity contribution in [2.24, 2.45) is 0 Å². The van der Waals surface area contributed by atoms with E-state index >= 15 is 0 Å². The van der Waals surface area contributed by atoms with Crippen molar-refractivity contribution in [1.29, 1.82) is 0 Å². The lowest BCUT2D eigenvalue weighted by Gasteiger charge is -2.44. The lowest BCUT2D eigenvalue weighted by atomic mass is 9.91. The molecule has 5 atom stereocenters. The van der Waals surface area contributed by atoms with Gasteiger partial charge in [0, 0.05) is 0 Å². The number of rotatable bonds is 6. The number of ether oxygens (including phenoxy) is 2. The first kappa shape index (κ1) is 26.0. The molecule has 4 rings (SSSR count). The number of hydrogen-bond acceptors (Lipinski definition) is 11. The minimum absolute atomic E-state index is 0.277. The number of aromatic nitrogens is 4. The molecule has 3 heterocycles. The smallest absolute Gasteiger partial charge is 0.408 e. The van der Waals surface area contributed by atoms with E-state index in [1.807, 2.05) is 0 Å². The minimum atomic E-state index is -1.50. The van der Waals surface area contributed by atoms with Gasteiger partial charge in [0.1, 0.15) is 41.3 Å². The van der Waals surface area contributed by atoms with Gasteiger partial charge in [-0.05, 0) is 33.6 Å². The number of anilines is 1. The Balaban J connectivity index is 1.47. The number of alkyl carbamates (subject to hydrolysis) is 1. The third-order valence-corrected chi connectivity index (χ3v) is 6.36. The number of aromatic amines is 1. The summed E-state index contributed by atoms with van der Waals surface area (Å²) in [4.78, 5) is 40.9. The summed E-state index contributed by atoms with van der Waals surface area (Å²) in [6, 6.07) is -1.15. The topological polar surface area (TPSA) is 204 Å². The molecule has 0 aromatic carbocycles. The SMILES string of the molecule is CC(C)(C)OC(=O)NC1(C(=O)N[C@@H]2[C@@H](O)[C@H](O)[C@@H](Nc3ncnc4nc[nH]c34)O[C@H]2CO)CCCC1. The second kappa shape index (κ2) is 10.1. The van der Waals surface area contributed by atoms with Gasteiger partial charge in [-0.25, -0.2) is 19.7 Å². The van der Waals surface area contributed by atoms with Crippen LogP contribution in [0.1, 0.15) is 46.5 Å². The number of imidazole rings is 1. The van der Waals surface area contributed by atoms with E-state index in [1.54, 1.807) is 20.8 Å². The lowest BCUT2D eigenvalue weighted by Crippen LogP contribution is -2.69. The molecule has 198 valence electrons. The van der Waals surface area contributed by atoms with Crippen molar-refractivity contribution in [2.75, 3.05) is 11.9 Å². The number of aliphatic hydroxyl groups excluding tert-OH is 3. The number of H-pyrrole nitrogens is 1. The highest BCUT2D eigenvalue weighted by Gasteiger charge is 2.49. The molecule has 2 fully saturated rings. The van der Waals surface area contributed by atoms with Crippen LogP contribution in [0.5, 0.6) is 0 Å². The number of carbonyl (C=O) groups excluding carboxylic acids is 2. The van der Waals surface area contributed by atoms with Crippen LogP contribution in [0.4, 0.5) is 10.6 Å². The third kappa shape index (κ3) is 5.36. The molecule has 14 heteroatoms. The fourth-order valence-electron chi connectivity index (χ4n) is 4.60. The largest absolute Gasteiger partial charge is 0.444 e. The number of hydrogen-bond donors (Lipinski definition) is 7.